The topological polar surface area (TPSA) is 40.9 Å². The zero-order valence-electron chi connectivity index (χ0n) is 6.70. The number of carbonyl (C=O) groups excluding carboxylic acids is 1. The van der Waals surface area contributed by atoms with Crippen LogP contribution >= 0.6 is 15.9 Å². The fourth-order valence-corrected chi connectivity index (χ4v) is 1.05. The highest BCUT2D eigenvalue weighted by molar-refractivity contribution is 9.10. The lowest BCUT2D eigenvalue weighted by atomic mass is 10.2. The van der Waals surface area contributed by atoms with Gasteiger partial charge in [-0.3, -0.25) is 4.79 Å². The molecular weight excluding hydrogens is 230 g/mol. The van der Waals surface area contributed by atoms with E-state index in [2.05, 4.69) is 15.9 Å². The number of hydrogen-bond acceptors (Lipinski definition) is 2. The molecule has 0 radical (unpaired) electrons. The van der Waals surface area contributed by atoms with Gasteiger partial charge >= 0.3 is 0 Å². The molecule has 1 aromatic carbocycles. The van der Waals surface area contributed by atoms with E-state index in [0.717, 1.165) is 10.0 Å². The summed E-state index contributed by atoms with van der Waals surface area (Å²) in [7, 11) is 0. The van der Waals surface area contributed by atoms with Crippen molar-refractivity contribution in [1.29, 1.82) is 5.26 Å². The number of halogens is 1. The van der Waals surface area contributed by atoms with E-state index in [9.17, 15) is 4.79 Å². The van der Waals surface area contributed by atoms with Gasteiger partial charge in [-0.1, -0.05) is 34.1 Å². The van der Waals surface area contributed by atoms with Crippen molar-refractivity contribution in [2.75, 3.05) is 0 Å². The third-order valence-corrected chi connectivity index (χ3v) is 1.94. The van der Waals surface area contributed by atoms with Gasteiger partial charge in [-0.15, -0.1) is 0 Å². The maximum Gasteiger partial charge on any atom is 0.255 e. The molecule has 1 aromatic rings. The first-order valence-corrected chi connectivity index (χ1v) is 4.39. The van der Waals surface area contributed by atoms with Crippen LogP contribution in [0.15, 0.2) is 34.8 Å². The van der Waals surface area contributed by atoms with Crippen LogP contribution in [0.4, 0.5) is 0 Å². The Labute approximate surface area is 84.6 Å². The Morgan fingerprint density at radius 3 is 2.54 bits per heavy atom. The molecule has 0 aromatic heterocycles. The van der Waals surface area contributed by atoms with Crippen molar-refractivity contribution in [3.8, 4) is 6.07 Å². The van der Waals surface area contributed by atoms with E-state index in [-0.39, 0.29) is 0 Å². The summed E-state index contributed by atoms with van der Waals surface area (Å²) in [6.45, 7) is 0. The fraction of sp³-hybridized carbons (Fsp3) is 0. The molecule has 3 heteroatoms. The maximum atomic E-state index is 10.6. The molecule has 0 spiro atoms. The second-order valence-electron chi connectivity index (χ2n) is 2.36. The number of nitriles is 1. The van der Waals surface area contributed by atoms with E-state index in [1.807, 2.05) is 24.3 Å². The van der Waals surface area contributed by atoms with Crippen LogP contribution in [-0.2, 0) is 4.79 Å². The Morgan fingerprint density at radius 2 is 2.00 bits per heavy atom. The molecule has 0 saturated heterocycles. The first kappa shape index (κ1) is 9.69. The van der Waals surface area contributed by atoms with Crippen LogP contribution < -0.4 is 0 Å². The SMILES string of the molecule is N#CC(=O)/C=C/c1ccc(Br)cc1. The Bertz CT molecular complexity index is 373. The molecule has 0 N–H and O–H groups in total. The van der Waals surface area contributed by atoms with Crippen LogP contribution in [0, 0.1) is 11.3 Å². The van der Waals surface area contributed by atoms with Crippen LogP contribution in [0.3, 0.4) is 0 Å². The van der Waals surface area contributed by atoms with Gasteiger partial charge in [0.05, 0.1) is 0 Å². The van der Waals surface area contributed by atoms with E-state index in [1.54, 1.807) is 6.08 Å². The van der Waals surface area contributed by atoms with E-state index < -0.39 is 5.78 Å². The third-order valence-electron chi connectivity index (χ3n) is 1.41. The van der Waals surface area contributed by atoms with Gasteiger partial charge in [-0.05, 0) is 23.8 Å². The monoisotopic (exact) mass is 235 g/mol. The highest BCUT2D eigenvalue weighted by atomic mass is 79.9. The number of allylic oxidation sites excluding steroid dienone is 1. The number of hydrogen-bond donors (Lipinski definition) is 0. The lowest BCUT2D eigenvalue weighted by Crippen LogP contribution is -1.83. The summed E-state index contributed by atoms with van der Waals surface area (Å²) in [5.74, 6) is -0.539. The lowest BCUT2D eigenvalue weighted by molar-refractivity contribution is -0.109. The Kier molecular flexibility index (Phi) is 3.41. The zero-order valence-corrected chi connectivity index (χ0v) is 8.28. The van der Waals surface area contributed by atoms with Crippen molar-refractivity contribution >= 4 is 27.8 Å². The summed E-state index contributed by atoms with van der Waals surface area (Å²) in [6, 6.07) is 8.96. The van der Waals surface area contributed by atoms with Gasteiger partial charge in [0.2, 0.25) is 0 Å². The predicted molar refractivity (Wildman–Crippen MR) is 53.8 cm³/mol. The van der Waals surface area contributed by atoms with Crippen molar-refractivity contribution in [3.63, 3.8) is 0 Å². The summed E-state index contributed by atoms with van der Waals surface area (Å²) < 4.78 is 0.983. The largest absolute Gasteiger partial charge is 0.278 e. The minimum Gasteiger partial charge on any atom is -0.278 e. The standard InChI is InChI=1S/C10H6BrNO/c11-9-4-1-8(2-5-9)3-6-10(13)7-12/h1-6H/b6-3+. The summed E-state index contributed by atoms with van der Waals surface area (Å²) >= 11 is 3.30. The minimum absolute atomic E-state index is 0.539. The molecule has 0 aliphatic heterocycles. The third kappa shape index (κ3) is 3.22. The first-order chi connectivity index (χ1) is 6.22. The number of nitrogens with zero attached hydrogens (tertiary/aromatic N) is 1. The zero-order chi connectivity index (χ0) is 9.68. The number of rotatable bonds is 2. The van der Waals surface area contributed by atoms with E-state index in [1.165, 1.54) is 12.1 Å². The number of ketones is 1. The van der Waals surface area contributed by atoms with Crippen molar-refractivity contribution < 1.29 is 4.79 Å². The Hall–Kier alpha value is -1.40. The van der Waals surface area contributed by atoms with Gasteiger partial charge in [-0.25, -0.2) is 0 Å². The van der Waals surface area contributed by atoms with Crippen molar-refractivity contribution in [1.82, 2.24) is 0 Å². The van der Waals surface area contributed by atoms with Crippen molar-refractivity contribution in [2.45, 2.75) is 0 Å². The lowest BCUT2D eigenvalue weighted by Gasteiger charge is -1.91. The van der Waals surface area contributed by atoms with Gasteiger partial charge in [0.1, 0.15) is 6.07 Å². The van der Waals surface area contributed by atoms with Crippen molar-refractivity contribution in [3.05, 3.63) is 40.4 Å². The fourth-order valence-electron chi connectivity index (χ4n) is 0.783. The molecule has 0 unspecified atom stereocenters. The Morgan fingerprint density at radius 1 is 1.38 bits per heavy atom. The molecule has 0 amide bonds. The highest BCUT2D eigenvalue weighted by Crippen LogP contribution is 2.11. The summed E-state index contributed by atoms with van der Waals surface area (Å²) in [4.78, 5) is 10.6. The average molecular weight is 236 g/mol. The summed E-state index contributed by atoms with van der Waals surface area (Å²) in [5.41, 5.74) is 0.895. The molecule has 1 rings (SSSR count). The smallest absolute Gasteiger partial charge is 0.255 e. The van der Waals surface area contributed by atoms with Gasteiger partial charge in [0.15, 0.2) is 0 Å². The molecular formula is C10H6BrNO. The van der Waals surface area contributed by atoms with Gasteiger partial charge < -0.3 is 0 Å². The molecule has 2 nitrogen and oxygen atoms in total. The van der Waals surface area contributed by atoms with Crippen molar-refractivity contribution in [2.24, 2.45) is 0 Å². The number of carbonyl (C=O) groups is 1. The summed E-state index contributed by atoms with van der Waals surface area (Å²) in [6.07, 6.45) is 2.86. The predicted octanol–water partition coefficient (Wildman–Crippen LogP) is 2.55. The minimum atomic E-state index is -0.539. The maximum absolute atomic E-state index is 10.6. The van der Waals surface area contributed by atoms with E-state index in [4.69, 9.17) is 5.26 Å². The van der Waals surface area contributed by atoms with E-state index in [0.29, 0.717) is 0 Å². The Balaban J connectivity index is 2.76. The molecule has 0 fully saturated rings. The molecule has 0 bridgehead atoms. The number of benzene rings is 1. The van der Waals surface area contributed by atoms with Gasteiger partial charge in [0.25, 0.3) is 5.78 Å². The van der Waals surface area contributed by atoms with Crippen LogP contribution in [0.5, 0.6) is 0 Å². The molecule has 0 atom stereocenters. The van der Waals surface area contributed by atoms with Crippen LogP contribution in [0.25, 0.3) is 6.08 Å². The van der Waals surface area contributed by atoms with Gasteiger partial charge in [-0.2, -0.15) is 5.26 Å². The molecule has 0 saturated carbocycles. The highest BCUT2D eigenvalue weighted by Gasteiger charge is 1.91. The molecule has 64 valence electrons. The summed E-state index contributed by atoms with van der Waals surface area (Å²) in [5, 5.41) is 8.20. The quantitative estimate of drug-likeness (QED) is 0.584. The van der Waals surface area contributed by atoms with Crippen LogP contribution in [0.2, 0.25) is 0 Å². The normalized spacial score (nSPS) is 9.85. The molecule has 0 heterocycles. The van der Waals surface area contributed by atoms with Crippen LogP contribution in [-0.4, -0.2) is 5.78 Å². The van der Waals surface area contributed by atoms with Crippen LogP contribution in [0.1, 0.15) is 5.56 Å². The van der Waals surface area contributed by atoms with E-state index >= 15 is 0 Å². The average Bonchev–Trinajstić information content (AvgIpc) is 2.16. The van der Waals surface area contributed by atoms with Gasteiger partial charge in [0, 0.05) is 4.47 Å². The molecule has 0 aliphatic carbocycles. The second-order valence-corrected chi connectivity index (χ2v) is 3.28. The second kappa shape index (κ2) is 4.58. The molecule has 13 heavy (non-hydrogen) atoms. The molecule has 0 aliphatic rings. The first-order valence-electron chi connectivity index (χ1n) is 3.60.